The molecule has 0 spiro atoms. The summed E-state index contributed by atoms with van der Waals surface area (Å²) < 4.78 is 5.85. The van der Waals surface area contributed by atoms with Crippen molar-refractivity contribution in [3.8, 4) is 0 Å². The second-order valence-corrected chi connectivity index (χ2v) is 9.58. The third-order valence-electron chi connectivity index (χ3n) is 4.61. The Hall–Kier alpha value is -2.15. The Morgan fingerprint density at radius 1 is 0.692 bits per heavy atom. The van der Waals surface area contributed by atoms with Crippen molar-refractivity contribution in [2.45, 2.75) is 0 Å². The lowest BCUT2D eigenvalue weighted by Crippen LogP contribution is -3.00. The number of hydrogen-bond donors (Lipinski definition) is 0. The summed E-state index contributed by atoms with van der Waals surface area (Å²) in [6.45, 7) is 1.47. The summed E-state index contributed by atoms with van der Waals surface area (Å²) in [5.41, 5.74) is 0. The van der Waals surface area contributed by atoms with Crippen LogP contribution in [-0.2, 0) is 4.74 Å². The smallest absolute Gasteiger partial charge is 0.223 e. The summed E-state index contributed by atoms with van der Waals surface area (Å²) in [5, 5.41) is 4.10. The van der Waals surface area contributed by atoms with Crippen LogP contribution >= 0.6 is 7.26 Å². The van der Waals surface area contributed by atoms with Gasteiger partial charge in [-0.25, -0.2) is 4.99 Å². The Kier molecular flexibility index (Phi) is 6.08. The topological polar surface area (TPSA) is 21.6 Å². The summed E-state index contributed by atoms with van der Waals surface area (Å²) in [4.78, 5) is 4.62. The van der Waals surface area contributed by atoms with E-state index in [-0.39, 0.29) is 12.4 Å². The Bertz CT molecular complexity index is 756. The number of ether oxygens (including phenoxy) is 1. The molecule has 3 aromatic carbocycles. The van der Waals surface area contributed by atoms with Crippen LogP contribution in [-0.4, -0.2) is 25.2 Å². The van der Waals surface area contributed by atoms with Crippen molar-refractivity contribution in [2.24, 2.45) is 4.99 Å². The molecule has 0 saturated heterocycles. The molecule has 2 nitrogen and oxygen atoms in total. The zero-order valence-electron chi connectivity index (χ0n) is 14.5. The molecule has 0 aromatic heterocycles. The molecule has 3 aromatic rings. The number of rotatable bonds is 5. The molecule has 1 aliphatic rings. The first kappa shape index (κ1) is 18.6. The van der Waals surface area contributed by atoms with E-state index < -0.39 is 7.26 Å². The van der Waals surface area contributed by atoms with Crippen molar-refractivity contribution < 1.29 is 17.1 Å². The monoisotopic (exact) mass is 381 g/mol. The molecule has 0 amide bonds. The van der Waals surface area contributed by atoms with Gasteiger partial charge in [-0.2, -0.15) is 0 Å². The van der Waals surface area contributed by atoms with E-state index in [1.807, 2.05) is 0 Å². The highest BCUT2D eigenvalue weighted by Gasteiger charge is 2.47. The van der Waals surface area contributed by atoms with Crippen molar-refractivity contribution in [1.29, 1.82) is 0 Å². The highest BCUT2D eigenvalue weighted by molar-refractivity contribution is 7.96. The summed E-state index contributed by atoms with van der Waals surface area (Å²) in [5.74, 6) is 0.893. The molecule has 132 valence electrons. The first-order valence-corrected chi connectivity index (χ1v) is 10.6. The molecule has 0 radical (unpaired) electrons. The largest absolute Gasteiger partial charge is 1.00 e. The zero-order valence-corrected chi connectivity index (χ0v) is 16.1. The van der Waals surface area contributed by atoms with Crippen molar-refractivity contribution in [2.75, 3.05) is 19.3 Å². The molecule has 0 unspecified atom stereocenters. The van der Waals surface area contributed by atoms with Crippen molar-refractivity contribution in [3.05, 3.63) is 91.0 Å². The molecule has 0 saturated carbocycles. The van der Waals surface area contributed by atoms with Gasteiger partial charge in [0.15, 0.2) is 0 Å². The Labute approximate surface area is 161 Å². The van der Waals surface area contributed by atoms with Gasteiger partial charge in [0.2, 0.25) is 5.90 Å². The number of nitrogens with zero attached hydrogens (tertiary/aromatic N) is 1. The van der Waals surface area contributed by atoms with E-state index in [1.54, 1.807) is 0 Å². The summed E-state index contributed by atoms with van der Waals surface area (Å²) >= 11 is 0. The molecular formula is C22H21ClNOP. The van der Waals surface area contributed by atoms with Gasteiger partial charge in [-0.1, -0.05) is 54.6 Å². The van der Waals surface area contributed by atoms with E-state index >= 15 is 0 Å². The number of halogens is 1. The second kappa shape index (κ2) is 8.49. The first-order valence-electron chi connectivity index (χ1n) is 8.61. The normalized spacial score (nSPS) is 13.5. The summed E-state index contributed by atoms with van der Waals surface area (Å²) in [6.07, 6.45) is 0.838. The van der Waals surface area contributed by atoms with Gasteiger partial charge in [-0.05, 0) is 36.4 Å². The summed E-state index contributed by atoms with van der Waals surface area (Å²) in [6, 6.07) is 32.6. The van der Waals surface area contributed by atoms with Gasteiger partial charge in [0, 0.05) is 0 Å². The molecule has 0 aliphatic carbocycles. The first-order chi connectivity index (χ1) is 12.4. The fourth-order valence-corrected chi connectivity index (χ4v) is 7.53. The maximum Gasteiger partial charge on any atom is 0.223 e. The SMILES string of the molecule is [Cl-].c1ccc([P+](CC2=NCCO2)(c2ccccc2)c2ccccc2)cc1. The van der Waals surface area contributed by atoms with Crippen LogP contribution in [0.15, 0.2) is 96.0 Å². The van der Waals surface area contributed by atoms with Crippen LogP contribution in [0.25, 0.3) is 0 Å². The van der Waals surface area contributed by atoms with Gasteiger partial charge in [-0.3, -0.25) is 0 Å². The molecule has 0 bridgehead atoms. The minimum atomic E-state index is -1.86. The van der Waals surface area contributed by atoms with Crippen LogP contribution in [0.4, 0.5) is 0 Å². The number of aliphatic imine (C=N–C) groups is 1. The van der Waals surface area contributed by atoms with Gasteiger partial charge in [-0.15, -0.1) is 0 Å². The standard InChI is InChI=1S/C22H21NOP.ClH/c1-4-10-19(11-5-1)25(18-22-23-16-17-24-22,20-12-6-2-7-13-20)21-14-8-3-9-15-21;/h1-15H,16-18H2;1H/q+1;/p-1. The van der Waals surface area contributed by atoms with E-state index in [1.165, 1.54) is 15.9 Å². The van der Waals surface area contributed by atoms with Crippen LogP contribution in [0.5, 0.6) is 0 Å². The highest BCUT2D eigenvalue weighted by atomic mass is 35.5. The average Bonchev–Trinajstić information content (AvgIpc) is 3.21. The van der Waals surface area contributed by atoms with Crippen molar-refractivity contribution >= 4 is 29.1 Å². The molecule has 0 fully saturated rings. The molecule has 4 heteroatoms. The van der Waals surface area contributed by atoms with E-state index in [2.05, 4.69) is 96.0 Å². The quantitative estimate of drug-likeness (QED) is 0.587. The fraction of sp³-hybridized carbons (Fsp3) is 0.136. The second-order valence-electron chi connectivity index (χ2n) is 6.10. The molecule has 1 heterocycles. The lowest BCUT2D eigenvalue weighted by Gasteiger charge is -2.27. The highest BCUT2D eigenvalue weighted by Crippen LogP contribution is 2.55. The third-order valence-corrected chi connectivity index (χ3v) is 8.90. The van der Waals surface area contributed by atoms with Crippen LogP contribution < -0.4 is 28.3 Å². The van der Waals surface area contributed by atoms with Gasteiger partial charge in [0.1, 0.15) is 35.9 Å². The molecule has 1 aliphatic heterocycles. The lowest BCUT2D eigenvalue weighted by molar-refractivity contribution is -0.00000550. The van der Waals surface area contributed by atoms with Gasteiger partial charge >= 0.3 is 0 Å². The molecule has 26 heavy (non-hydrogen) atoms. The zero-order chi connectivity index (χ0) is 17.0. The third kappa shape index (κ3) is 3.53. The van der Waals surface area contributed by atoms with Gasteiger partial charge in [0.05, 0.1) is 6.54 Å². The van der Waals surface area contributed by atoms with Gasteiger partial charge < -0.3 is 17.1 Å². The molecule has 4 rings (SSSR count). The maximum atomic E-state index is 5.85. The minimum absolute atomic E-state index is 0. The molecular weight excluding hydrogens is 361 g/mol. The Morgan fingerprint density at radius 3 is 1.46 bits per heavy atom. The Balaban J connectivity index is 0.00000196. The lowest BCUT2D eigenvalue weighted by atomic mass is 10.4. The van der Waals surface area contributed by atoms with E-state index in [4.69, 9.17) is 4.74 Å². The van der Waals surface area contributed by atoms with Crippen LogP contribution in [0.2, 0.25) is 0 Å². The van der Waals surface area contributed by atoms with E-state index in [0.717, 1.165) is 18.6 Å². The van der Waals surface area contributed by atoms with Crippen LogP contribution in [0.1, 0.15) is 0 Å². The predicted octanol–water partition coefficient (Wildman–Crippen LogP) is 0.413. The van der Waals surface area contributed by atoms with Crippen LogP contribution in [0, 0.1) is 0 Å². The number of benzene rings is 3. The van der Waals surface area contributed by atoms with Crippen molar-refractivity contribution in [3.63, 3.8) is 0 Å². The summed E-state index contributed by atoms with van der Waals surface area (Å²) in [7, 11) is -1.86. The predicted molar refractivity (Wildman–Crippen MR) is 108 cm³/mol. The van der Waals surface area contributed by atoms with E-state index in [9.17, 15) is 0 Å². The molecule has 0 atom stereocenters. The maximum absolute atomic E-state index is 5.85. The minimum Gasteiger partial charge on any atom is -1.00 e. The Morgan fingerprint density at radius 2 is 1.12 bits per heavy atom. The average molecular weight is 382 g/mol. The van der Waals surface area contributed by atoms with Crippen molar-refractivity contribution in [1.82, 2.24) is 0 Å². The van der Waals surface area contributed by atoms with Crippen LogP contribution in [0.3, 0.4) is 0 Å². The number of hydrogen-bond acceptors (Lipinski definition) is 2. The molecule has 0 N–H and O–H groups in total. The van der Waals surface area contributed by atoms with E-state index in [0.29, 0.717) is 6.61 Å². The van der Waals surface area contributed by atoms with Gasteiger partial charge in [0.25, 0.3) is 0 Å². The fourth-order valence-electron chi connectivity index (χ4n) is 3.45.